The highest BCUT2D eigenvalue weighted by molar-refractivity contribution is 5.84. The van der Waals surface area contributed by atoms with E-state index in [9.17, 15) is 25.2 Å². The van der Waals surface area contributed by atoms with Gasteiger partial charge in [-0.2, -0.15) is 0 Å². The van der Waals surface area contributed by atoms with Gasteiger partial charge >= 0.3 is 0 Å². The molecule has 1 aromatic carbocycles. The molecule has 1 aliphatic heterocycles. The standard InChI is InChI=1S/C23H32O6/c1-12-5-6-18-21(2,3)20(28)17(27)9-22(18,4)23(12)8-14-16(26)7-13(10-24)15(11-25)19(14)29-23/h7,11-12,17-18,20,24,26-28H,5-6,8-10H2,1-4H3/t12-,17+,18+,20+,22-,23-/m0/s1. The molecule has 0 bridgehead atoms. The second-order valence-electron chi connectivity index (χ2n) is 10.2. The van der Waals surface area contributed by atoms with Gasteiger partial charge in [-0.1, -0.05) is 27.7 Å². The van der Waals surface area contributed by atoms with E-state index in [0.717, 1.165) is 12.8 Å². The van der Waals surface area contributed by atoms with Crippen LogP contribution in [0.15, 0.2) is 6.07 Å². The third-order valence-electron chi connectivity index (χ3n) is 8.57. The van der Waals surface area contributed by atoms with Crippen molar-refractivity contribution in [1.82, 2.24) is 0 Å². The molecule has 1 heterocycles. The van der Waals surface area contributed by atoms with Gasteiger partial charge in [0.05, 0.1) is 24.4 Å². The lowest BCUT2D eigenvalue weighted by Gasteiger charge is -2.64. The predicted octanol–water partition coefficient (Wildman–Crippen LogP) is 2.57. The summed E-state index contributed by atoms with van der Waals surface area (Å²) in [7, 11) is 0. The van der Waals surface area contributed by atoms with Crippen molar-refractivity contribution < 1.29 is 30.0 Å². The zero-order valence-corrected chi connectivity index (χ0v) is 17.6. The monoisotopic (exact) mass is 404 g/mol. The number of phenolic OH excluding ortho intramolecular Hbond substituents is 1. The van der Waals surface area contributed by atoms with E-state index < -0.39 is 28.6 Å². The summed E-state index contributed by atoms with van der Waals surface area (Å²) >= 11 is 0. The number of aliphatic hydroxyl groups excluding tert-OH is 3. The molecule has 4 N–H and O–H groups in total. The van der Waals surface area contributed by atoms with Crippen LogP contribution in [0.1, 0.15) is 68.4 Å². The molecule has 6 atom stereocenters. The van der Waals surface area contributed by atoms with Crippen molar-refractivity contribution in [3.05, 3.63) is 22.8 Å². The van der Waals surface area contributed by atoms with Gasteiger partial charge in [-0.3, -0.25) is 4.79 Å². The first kappa shape index (κ1) is 20.6. The molecule has 3 aliphatic rings. The van der Waals surface area contributed by atoms with Crippen LogP contribution < -0.4 is 4.74 Å². The molecule has 0 radical (unpaired) electrons. The molecule has 0 saturated heterocycles. The van der Waals surface area contributed by atoms with Crippen LogP contribution in [-0.2, 0) is 13.0 Å². The number of rotatable bonds is 2. The fourth-order valence-corrected chi connectivity index (χ4v) is 6.96. The molecule has 6 heteroatoms. The Kier molecular flexibility index (Phi) is 4.58. The predicted molar refractivity (Wildman–Crippen MR) is 107 cm³/mol. The molecule has 0 amide bonds. The Morgan fingerprint density at radius 1 is 1.24 bits per heavy atom. The van der Waals surface area contributed by atoms with Crippen LogP contribution in [0.2, 0.25) is 0 Å². The SMILES string of the molecule is C[C@H]1CC[C@@H]2C(C)(C)[C@H](O)[C@H](O)C[C@]2(C)[C@]12Cc1c(O)cc(CO)c(C=O)c1O2. The fourth-order valence-electron chi connectivity index (χ4n) is 6.96. The highest BCUT2D eigenvalue weighted by Gasteiger charge is 2.68. The summed E-state index contributed by atoms with van der Waals surface area (Å²) in [4.78, 5) is 11.8. The first-order valence-electron chi connectivity index (χ1n) is 10.5. The summed E-state index contributed by atoms with van der Waals surface area (Å²) in [5.41, 5.74) is -0.443. The lowest BCUT2D eigenvalue weighted by Crippen LogP contribution is -2.69. The summed E-state index contributed by atoms with van der Waals surface area (Å²) in [6, 6.07) is 1.45. The van der Waals surface area contributed by atoms with Crippen LogP contribution in [0.5, 0.6) is 11.5 Å². The summed E-state index contributed by atoms with van der Waals surface area (Å²) in [5.74, 6) is 0.625. The van der Waals surface area contributed by atoms with Crippen LogP contribution in [0.3, 0.4) is 0 Å². The lowest BCUT2D eigenvalue weighted by atomic mass is 9.43. The minimum atomic E-state index is -0.868. The van der Waals surface area contributed by atoms with E-state index >= 15 is 0 Å². The first-order valence-corrected chi connectivity index (χ1v) is 10.5. The van der Waals surface area contributed by atoms with Crippen molar-refractivity contribution in [2.24, 2.45) is 22.7 Å². The van der Waals surface area contributed by atoms with Gasteiger partial charge in [-0.25, -0.2) is 0 Å². The number of hydrogen-bond donors (Lipinski definition) is 4. The molecule has 0 unspecified atom stereocenters. The molecule has 29 heavy (non-hydrogen) atoms. The van der Waals surface area contributed by atoms with Gasteiger partial charge in [0.15, 0.2) is 6.29 Å². The van der Waals surface area contributed by atoms with E-state index in [1.54, 1.807) is 0 Å². The van der Waals surface area contributed by atoms with Crippen molar-refractivity contribution in [1.29, 1.82) is 0 Å². The summed E-state index contributed by atoms with van der Waals surface area (Å²) < 4.78 is 6.65. The number of fused-ring (bicyclic) bond motifs is 3. The Morgan fingerprint density at radius 2 is 1.93 bits per heavy atom. The molecular weight excluding hydrogens is 372 g/mol. The molecule has 1 aromatic rings. The molecule has 160 valence electrons. The number of carbonyl (C=O) groups is 1. The number of phenols is 1. The first-order chi connectivity index (χ1) is 13.5. The molecule has 4 rings (SSSR count). The summed E-state index contributed by atoms with van der Waals surface area (Å²) in [6.45, 7) is 7.90. The zero-order valence-electron chi connectivity index (χ0n) is 17.6. The number of aldehydes is 1. The van der Waals surface area contributed by atoms with E-state index in [1.165, 1.54) is 6.07 Å². The number of hydrogen-bond acceptors (Lipinski definition) is 6. The van der Waals surface area contributed by atoms with Crippen molar-refractivity contribution >= 4 is 6.29 Å². The highest BCUT2D eigenvalue weighted by Crippen LogP contribution is 2.66. The average molecular weight is 405 g/mol. The molecule has 0 aromatic heterocycles. The third kappa shape index (κ3) is 2.49. The molecule has 2 fully saturated rings. The third-order valence-corrected chi connectivity index (χ3v) is 8.57. The molecule has 2 aliphatic carbocycles. The number of benzene rings is 1. The number of carbonyl (C=O) groups excluding carboxylic acids is 1. The van der Waals surface area contributed by atoms with Crippen LogP contribution in [-0.4, -0.2) is 44.5 Å². The summed E-state index contributed by atoms with van der Waals surface area (Å²) in [6.07, 6.45) is 1.65. The largest absolute Gasteiger partial charge is 0.508 e. The van der Waals surface area contributed by atoms with Gasteiger partial charge in [0.2, 0.25) is 0 Å². The van der Waals surface area contributed by atoms with E-state index in [-0.39, 0.29) is 29.8 Å². The van der Waals surface area contributed by atoms with Crippen LogP contribution in [0.25, 0.3) is 0 Å². The van der Waals surface area contributed by atoms with Gasteiger partial charge in [0, 0.05) is 17.4 Å². The van der Waals surface area contributed by atoms with E-state index in [4.69, 9.17) is 4.74 Å². The van der Waals surface area contributed by atoms with Crippen molar-refractivity contribution in [2.45, 2.75) is 77.8 Å². The maximum Gasteiger partial charge on any atom is 0.154 e. The quantitative estimate of drug-likeness (QED) is 0.565. The highest BCUT2D eigenvalue weighted by atomic mass is 16.5. The second-order valence-corrected chi connectivity index (χ2v) is 10.2. The minimum Gasteiger partial charge on any atom is -0.508 e. The van der Waals surface area contributed by atoms with Crippen LogP contribution >= 0.6 is 0 Å². The Hall–Kier alpha value is -1.63. The smallest absolute Gasteiger partial charge is 0.154 e. The van der Waals surface area contributed by atoms with Gasteiger partial charge in [0.1, 0.15) is 17.1 Å². The fraction of sp³-hybridized carbons (Fsp3) is 0.696. The molecule has 1 spiro atoms. The lowest BCUT2D eigenvalue weighted by molar-refractivity contribution is -0.240. The maximum atomic E-state index is 11.8. The zero-order chi connectivity index (χ0) is 21.4. The van der Waals surface area contributed by atoms with E-state index in [0.29, 0.717) is 36.0 Å². The van der Waals surface area contributed by atoms with Crippen molar-refractivity contribution in [3.8, 4) is 11.5 Å². The van der Waals surface area contributed by atoms with E-state index in [2.05, 4.69) is 13.8 Å². The van der Waals surface area contributed by atoms with E-state index in [1.807, 2.05) is 13.8 Å². The number of ether oxygens (including phenoxy) is 1. The van der Waals surface area contributed by atoms with Crippen LogP contribution in [0.4, 0.5) is 0 Å². The Bertz CT molecular complexity index is 848. The molecule has 6 nitrogen and oxygen atoms in total. The second kappa shape index (κ2) is 6.43. The van der Waals surface area contributed by atoms with Crippen molar-refractivity contribution in [2.75, 3.05) is 0 Å². The summed E-state index contributed by atoms with van der Waals surface area (Å²) in [5, 5.41) is 41.8. The van der Waals surface area contributed by atoms with Gasteiger partial charge < -0.3 is 25.2 Å². The topological polar surface area (TPSA) is 107 Å². The van der Waals surface area contributed by atoms with Gasteiger partial charge in [-0.05, 0) is 48.1 Å². The number of aromatic hydroxyl groups is 1. The molecular formula is C23H32O6. The average Bonchev–Trinajstić information content (AvgIpc) is 3.07. The number of aliphatic hydroxyl groups is 3. The van der Waals surface area contributed by atoms with Gasteiger partial charge in [-0.15, -0.1) is 0 Å². The van der Waals surface area contributed by atoms with Gasteiger partial charge in [0.25, 0.3) is 0 Å². The Balaban J connectivity index is 1.89. The normalized spacial score (nSPS) is 40.2. The van der Waals surface area contributed by atoms with Crippen LogP contribution in [0, 0.1) is 22.7 Å². The molecule has 2 saturated carbocycles. The Morgan fingerprint density at radius 3 is 2.55 bits per heavy atom. The maximum absolute atomic E-state index is 11.8. The Labute approximate surface area is 171 Å². The minimum absolute atomic E-state index is 0.0279. The van der Waals surface area contributed by atoms with Crippen molar-refractivity contribution in [3.63, 3.8) is 0 Å².